The highest BCUT2D eigenvalue weighted by atomic mass is 35.5. The van der Waals surface area contributed by atoms with E-state index < -0.39 is 17.7 Å². The lowest BCUT2D eigenvalue weighted by molar-refractivity contribution is -0.117. The van der Waals surface area contributed by atoms with Crippen LogP contribution in [0.2, 0.25) is 5.02 Å². The molecule has 2 aromatic rings. The van der Waals surface area contributed by atoms with Gasteiger partial charge in [-0.2, -0.15) is 0 Å². The number of nitrogens with two attached hydrogens (primary N) is 1. The molecule has 9 heteroatoms. The number of hydrogen-bond acceptors (Lipinski definition) is 5. The van der Waals surface area contributed by atoms with Gasteiger partial charge >= 0.3 is 0 Å². The van der Waals surface area contributed by atoms with Gasteiger partial charge in [-0.1, -0.05) is 17.7 Å². The maximum Gasteiger partial charge on any atom is 0.251 e. The van der Waals surface area contributed by atoms with E-state index in [-0.39, 0.29) is 13.0 Å². The Hall–Kier alpha value is -2.45. The molecule has 1 aromatic heterocycles. The highest BCUT2D eigenvalue weighted by Gasteiger charge is 2.11. The lowest BCUT2D eigenvalue weighted by Crippen LogP contribution is -2.32. The average molecular weight is 353 g/mol. The predicted molar refractivity (Wildman–Crippen MR) is 87.4 cm³/mol. The highest BCUT2D eigenvalue weighted by Crippen LogP contribution is 2.15. The number of amides is 3. The fourth-order valence-corrected chi connectivity index (χ4v) is 2.60. The van der Waals surface area contributed by atoms with E-state index in [2.05, 4.69) is 15.6 Å². The van der Waals surface area contributed by atoms with Crippen LogP contribution in [0.15, 0.2) is 29.6 Å². The maximum absolute atomic E-state index is 11.9. The molecule has 23 heavy (non-hydrogen) atoms. The molecule has 0 radical (unpaired) electrons. The molecule has 0 fully saturated rings. The molecule has 0 spiro atoms. The Balaban J connectivity index is 1.84. The van der Waals surface area contributed by atoms with Gasteiger partial charge in [0.15, 0.2) is 5.13 Å². The molecule has 0 saturated heterocycles. The lowest BCUT2D eigenvalue weighted by atomic mass is 10.2. The van der Waals surface area contributed by atoms with E-state index in [9.17, 15) is 14.4 Å². The molecule has 0 aliphatic rings. The van der Waals surface area contributed by atoms with Gasteiger partial charge in [-0.05, 0) is 18.2 Å². The molecule has 0 saturated carbocycles. The number of thiazole rings is 1. The van der Waals surface area contributed by atoms with Crippen LogP contribution in [0.3, 0.4) is 0 Å². The fraction of sp³-hybridized carbons (Fsp3) is 0.143. The van der Waals surface area contributed by atoms with Crippen molar-refractivity contribution in [1.82, 2.24) is 10.3 Å². The average Bonchev–Trinajstić information content (AvgIpc) is 2.91. The number of carbonyl (C=O) groups excluding carboxylic acids is 3. The van der Waals surface area contributed by atoms with E-state index in [4.69, 9.17) is 17.3 Å². The Labute approximate surface area is 140 Å². The third kappa shape index (κ3) is 5.35. The first-order valence-corrected chi connectivity index (χ1v) is 7.76. The van der Waals surface area contributed by atoms with Crippen molar-refractivity contribution in [2.75, 3.05) is 11.9 Å². The van der Waals surface area contributed by atoms with Crippen LogP contribution in [0.4, 0.5) is 5.13 Å². The van der Waals surface area contributed by atoms with Gasteiger partial charge in [0.2, 0.25) is 11.8 Å². The molecule has 2 rings (SSSR count). The summed E-state index contributed by atoms with van der Waals surface area (Å²) in [7, 11) is 0. The van der Waals surface area contributed by atoms with E-state index in [0.717, 1.165) is 0 Å². The molecule has 0 unspecified atom stereocenters. The Bertz CT molecular complexity index is 747. The number of nitrogens with one attached hydrogen (secondary N) is 2. The molecule has 0 aliphatic carbocycles. The summed E-state index contributed by atoms with van der Waals surface area (Å²) in [6.07, 6.45) is 0.0118. The Morgan fingerprint density at radius 2 is 2.09 bits per heavy atom. The normalized spacial score (nSPS) is 10.1. The standard InChI is InChI=1S/C14H13ClN4O3S/c15-9-3-1-2-8(4-9)13(22)17-6-12(21)19-14-18-10(7-23-14)5-11(16)20/h1-4,7H,5-6H2,(H2,16,20)(H,17,22)(H,18,19,21). The monoisotopic (exact) mass is 352 g/mol. The number of primary amides is 1. The third-order valence-corrected chi connectivity index (χ3v) is 3.69. The number of nitrogens with zero attached hydrogens (tertiary/aromatic N) is 1. The number of hydrogen-bond donors (Lipinski definition) is 3. The van der Waals surface area contributed by atoms with Gasteiger partial charge in [-0.25, -0.2) is 4.98 Å². The molecular weight excluding hydrogens is 340 g/mol. The van der Waals surface area contributed by atoms with Crippen molar-refractivity contribution in [3.05, 3.63) is 45.9 Å². The molecule has 1 aromatic carbocycles. The summed E-state index contributed by atoms with van der Waals surface area (Å²) in [5.41, 5.74) is 5.91. The van der Waals surface area contributed by atoms with Crippen molar-refractivity contribution in [3.8, 4) is 0 Å². The van der Waals surface area contributed by atoms with Gasteiger partial charge in [0.05, 0.1) is 18.7 Å². The van der Waals surface area contributed by atoms with Crippen molar-refractivity contribution in [1.29, 1.82) is 0 Å². The van der Waals surface area contributed by atoms with Gasteiger partial charge in [0, 0.05) is 16.0 Å². The van der Waals surface area contributed by atoms with E-state index >= 15 is 0 Å². The second-order valence-corrected chi connectivity index (χ2v) is 5.82. The van der Waals surface area contributed by atoms with Gasteiger partial charge in [0.25, 0.3) is 5.91 Å². The summed E-state index contributed by atoms with van der Waals surface area (Å²) in [6.45, 7) is -0.212. The molecule has 4 N–H and O–H groups in total. The first-order chi connectivity index (χ1) is 10.9. The number of benzene rings is 1. The minimum absolute atomic E-state index is 0.0118. The van der Waals surface area contributed by atoms with Crippen LogP contribution in [0.1, 0.15) is 16.1 Å². The Morgan fingerprint density at radius 1 is 1.30 bits per heavy atom. The quantitative estimate of drug-likeness (QED) is 0.724. The van der Waals surface area contributed by atoms with Crippen LogP contribution in [0, 0.1) is 0 Å². The molecule has 0 atom stereocenters. The summed E-state index contributed by atoms with van der Waals surface area (Å²) < 4.78 is 0. The van der Waals surface area contributed by atoms with Gasteiger partial charge in [-0.3, -0.25) is 14.4 Å². The van der Waals surface area contributed by atoms with Crippen molar-refractivity contribution in [3.63, 3.8) is 0 Å². The first kappa shape index (κ1) is 16.9. The number of anilines is 1. The third-order valence-electron chi connectivity index (χ3n) is 2.65. The van der Waals surface area contributed by atoms with Crippen LogP contribution in [-0.2, 0) is 16.0 Å². The number of aromatic nitrogens is 1. The SMILES string of the molecule is NC(=O)Cc1csc(NC(=O)CNC(=O)c2cccc(Cl)c2)n1. The number of halogens is 1. The maximum atomic E-state index is 11.9. The predicted octanol–water partition coefficient (Wildman–Crippen LogP) is 1.19. The molecule has 0 aliphatic heterocycles. The van der Waals surface area contributed by atoms with Crippen molar-refractivity contribution in [2.24, 2.45) is 5.73 Å². The smallest absolute Gasteiger partial charge is 0.251 e. The number of carbonyl (C=O) groups is 3. The molecule has 1 heterocycles. The molecule has 3 amide bonds. The van der Waals surface area contributed by atoms with Crippen LogP contribution >= 0.6 is 22.9 Å². The zero-order valence-electron chi connectivity index (χ0n) is 11.8. The first-order valence-electron chi connectivity index (χ1n) is 6.50. The minimum atomic E-state index is -0.498. The summed E-state index contributed by atoms with van der Waals surface area (Å²) in [6, 6.07) is 6.39. The highest BCUT2D eigenvalue weighted by molar-refractivity contribution is 7.13. The second kappa shape index (κ2) is 7.70. The zero-order chi connectivity index (χ0) is 16.8. The minimum Gasteiger partial charge on any atom is -0.369 e. The van der Waals surface area contributed by atoms with Crippen LogP contribution in [-0.4, -0.2) is 29.3 Å². The van der Waals surface area contributed by atoms with Gasteiger partial charge < -0.3 is 16.4 Å². The fourth-order valence-electron chi connectivity index (χ4n) is 1.68. The second-order valence-electron chi connectivity index (χ2n) is 4.53. The van der Waals surface area contributed by atoms with Crippen molar-refractivity contribution < 1.29 is 14.4 Å². The summed E-state index contributed by atoms with van der Waals surface area (Å²) in [5, 5.41) is 7.41. The van der Waals surface area contributed by atoms with Crippen LogP contribution in [0.5, 0.6) is 0 Å². The molecule has 120 valence electrons. The van der Waals surface area contributed by atoms with E-state index in [0.29, 0.717) is 21.4 Å². The van der Waals surface area contributed by atoms with Crippen molar-refractivity contribution in [2.45, 2.75) is 6.42 Å². The zero-order valence-corrected chi connectivity index (χ0v) is 13.4. The molecule has 0 bridgehead atoms. The van der Waals surface area contributed by atoms with E-state index in [1.165, 1.54) is 17.4 Å². The summed E-state index contributed by atoms with van der Waals surface area (Å²) in [5.74, 6) is -1.33. The van der Waals surface area contributed by atoms with Gasteiger partial charge in [-0.15, -0.1) is 11.3 Å². The van der Waals surface area contributed by atoms with Gasteiger partial charge in [0.1, 0.15) is 0 Å². The Morgan fingerprint density at radius 3 is 2.78 bits per heavy atom. The van der Waals surface area contributed by atoms with E-state index in [1.54, 1.807) is 23.6 Å². The summed E-state index contributed by atoms with van der Waals surface area (Å²) in [4.78, 5) is 38.5. The van der Waals surface area contributed by atoms with Crippen LogP contribution in [0.25, 0.3) is 0 Å². The number of rotatable bonds is 6. The topological polar surface area (TPSA) is 114 Å². The lowest BCUT2D eigenvalue weighted by Gasteiger charge is -2.05. The summed E-state index contributed by atoms with van der Waals surface area (Å²) >= 11 is 6.97. The van der Waals surface area contributed by atoms with Crippen molar-refractivity contribution >= 4 is 45.8 Å². The van der Waals surface area contributed by atoms with E-state index in [1.807, 2.05) is 0 Å². The Kier molecular flexibility index (Phi) is 5.67. The largest absolute Gasteiger partial charge is 0.369 e. The molecular formula is C14H13ClN4O3S. The van der Waals surface area contributed by atoms with Crippen LogP contribution < -0.4 is 16.4 Å². The molecule has 7 nitrogen and oxygen atoms in total.